The molecule has 0 amide bonds. The molecule has 9 atom stereocenters. The van der Waals surface area contributed by atoms with Crippen LogP contribution < -0.4 is 16.9 Å². The molecule has 2 saturated heterocycles. The summed E-state index contributed by atoms with van der Waals surface area (Å²) < 4.78 is 35.6. The summed E-state index contributed by atoms with van der Waals surface area (Å²) in [6.07, 6.45) is -4.91. The molecule has 6 rings (SSSR count). The van der Waals surface area contributed by atoms with E-state index in [9.17, 15) is 29.8 Å². The first-order chi connectivity index (χ1) is 20.7. The summed E-state index contributed by atoms with van der Waals surface area (Å²) in [6, 6.07) is 0. The van der Waals surface area contributed by atoms with Crippen molar-refractivity contribution >= 4 is 36.9 Å². The minimum atomic E-state index is -2.81. The Kier molecular flexibility index (Phi) is 8.19. The summed E-state index contributed by atoms with van der Waals surface area (Å²) in [7, 11) is -1.65. The highest BCUT2D eigenvalue weighted by atomic mass is 31.2. The summed E-state index contributed by atoms with van der Waals surface area (Å²) in [6.45, 7) is -2.71. The van der Waals surface area contributed by atoms with E-state index in [1.807, 2.05) is 0 Å². The van der Waals surface area contributed by atoms with Crippen LogP contribution in [0.1, 0.15) is 12.5 Å². The first-order valence-electron chi connectivity index (χ1n) is 12.6. The minimum absolute atomic E-state index is 0.0181. The number of hydrogen-bond donors (Lipinski definition) is 7. The maximum atomic E-state index is 12.3. The van der Waals surface area contributed by atoms with Gasteiger partial charge in [0.2, 0.25) is 5.95 Å². The number of aliphatic hydroxyl groups is 3. The lowest BCUT2D eigenvalue weighted by molar-refractivity contribution is -0.345. The highest BCUT2D eigenvalue weighted by molar-refractivity contribution is 7.40. The molecular weight excluding hydrogens is 601 g/mol. The molecule has 8 N–H and O–H groups in total. The second kappa shape index (κ2) is 11.9. The summed E-state index contributed by atoms with van der Waals surface area (Å²) >= 11 is 0. The third-order valence-corrected chi connectivity index (χ3v) is 7.69. The van der Waals surface area contributed by atoms with Crippen LogP contribution in [0.5, 0.6) is 0 Å². The molecule has 2 aliphatic rings. The van der Waals surface area contributed by atoms with Crippen LogP contribution in [-0.2, 0) is 28.0 Å². The molecule has 22 heteroatoms. The second-order valence-electron chi connectivity index (χ2n) is 9.45. The van der Waals surface area contributed by atoms with Crippen molar-refractivity contribution in [2.45, 2.75) is 43.5 Å². The largest absolute Gasteiger partial charge is 0.388 e. The lowest BCUT2D eigenvalue weighted by Gasteiger charge is -2.31. The number of aromatic nitrogens is 8. The molecule has 0 spiro atoms. The zero-order valence-electron chi connectivity index (χ0n) is 22.0. The molecule has 4 aromatic heterocycles. The first-order valence-corrected chi connectivity index (χ1v) is 13.7. The number of ether oxygens (including phenoxy) is 4. The van der Waals surface area contributed by atoms with E-state index in [0.717, 1.165) is 18.0 Å². The monoisotopic (exact) mass is 627 g/mol. The fourth-order valence-corrected chi connectivity index (χ4v) is 5.61. The Morgan fingerprint density at radius 1 is 1.00 bits per heavy atom. The number of anilines is 1. The van der Waals surface area contributed by atoms with Gasteiger partial charge in [0.25, 0.3) is 17.6 Å². The van der Waals surface area contributed by atoms with Crippen molar-refractivity contribution < 1.29 is 48.2 Å². The summed E-state index contributed by atoms with van der Waals surface area (Å²) in [4.78, 5) is 56.0. The van der Waals surface area contributed by atoms with E-state index in [-0.39, 0.29) is 41.5 Å². The van der Waals surface area contributed by atoms with Gasteiger partial charge in [-0.05, 0) is 0 Å². The Labute approximate surface area is 239 Å². The minimum Gasteiger partial charge on any atom is -0.388 e. The van der Waals surface area contributed by atoms with Gasteiger partial charge in [0.1, 0.15) is 6.10 Å². The number of fused-ring (bicyclic) bond motifs is 3. The molecule has 232 valence electrons. The number of aliphatic hydroxyl groups excluding tert-OH is 3. The van der Waals surface area contributed by atoms with Crippen LogP contribution in [0, 0.1) is 5.92 Å². The van der Waals surface area contributed by atoms with Gasteiger partial charge >= 0.3 is 8.60 Å². The first kappa shape index (κ1) is 29.6. The van der Waals surface area contributed by atoms with Crippen molar-refractivity contribution in [3.8, 4) is 0 Å². The third-order valence-electron chi connectivity index (χ3n) is 6.92. The van der Waals surface area contributed by atoms with Gasteiger partial charge in [-0.3, -0.25) is 33.0 Å². The molecule has 21 nitrogen and oxygen atoms in total. The van der Waals surface area contributed by atoms with Gasteiger partial charge in [-0.15, -0.1) is 0 Å². The van der Waals surface area contributed by atoms with Crippen LogP contribution in [0.15, 0.2) is 28.6 Å². The quantitative estimate of drug-likeness (QED) is 0.112. The van der Waals surface area contributed by atoms with Crippen molar-refractivity contribution in [2.24, 2.45) is 5.92 Å². The van der Waals surface area contributed by atoms with E-state index >= 15 is 0 Å². The van der Waals surface area contributed by atoms with Crippen LogP contribution >= 0.6 is 8.60 Å². The molecule has 2 aliphatic heterocycles. The molecular formula is C21H26N9O12P. The zero-order valence-corrected chi connectivity index (χ0v) is 22.9. The molecule has 0 radical (unpaired) electrons. The smallest absolute Gasteiger partial charge is 0.332 e. The van der Waals surface area contributed by atoms with Gasteiger partial charge in [0, 0.05) is 13.0 Å². The molecule has 3 unspecified atom stereocenters. The zero-order chi connectivity index (χ0) is 30.4. The van der Waals surface area contributed by atoms with E-state index in [1.165, 1.54) is 17.2 Å². The maximum Gasteiger partial charge on any atom is 0.332 e. The number of hydrogen-bond acceptors (Lipinski definition) is 17. The van der Waals surface area contributed by atoms with E-state index in [1.54, 1.807) is 0 Å². The summed E-state index contributed by atoms with van der Waals surface area (Å²) in [5.74, 6) is -1.14. The number of nitrogens with one attached hydrogen (secondary N) is 2. The van der Waals surface area contributed by atoms with Crippen LogP contribution in [0.2, 0.25) is 0 Å². The number of nitrogen functional groups attached to an aromatic ring is 1. The summed E-state index contributed by atoms with van der Waals surface area (Å²) in [5, 5.41) is 32.8. The van der Waals surface area contributed by atoms with Crippen LogP contribution in [0.25, 0.3) is 22.3 Å². The topological polar surface area (TPSA) is 289 Å². The van der Waals surface area contributed by atoms with E-state index < -0.39 is 69.2 Å². The van der Waals surface area contributed by atoms with Crippen molar-refractivity contribution in [3.05, 3.63) is 39.7 Å². The van der Waals surface area contributed by atoms with Crippen LogP contribution in [0.3, 0.4) is 0 Å². The molecule has 0 aromatic carbocycles. The van der Waals surface area contributed by atoms with E-state index in [2.05, 4.69) is 29.9 Å². The Morgan fingerprint density at radius 2 is 1.72 bits per heavy atom. The molecule has 4 aromatic rings. The number of methoxy groups -OCH3 is 1. The number of nitrogens with zero attached hydrogens (tertiary/aromatic N) is 6. The highest BCUT2D eigenvalue weighted by Crippen LogP contribution is 2.43. The van der Waals surface area contributed by atoms with E-state index in [0.29, 0.717) is 0 Å². The Bertz CT molecular complexity index is 1710. The average Bonchev–Trinajstić information content (AvgIpc) is 3.67. The second-order valence-corrected chi connectivity index (χ2v) is 10.4. The van der Waals surface area contributed by atoms with Crippen LogP contribution in [0.4, 0.5) is 5.95 Å². The Balaban J connectivity index is 1.30. The number of rotatable bonds is 3. The summed E-state index contributed by atoms with van der Waals surface area (Å²) in [5.41, 5.74) is 4.40. The Morgan fingerprint density at radius 3 is 2.47 bits per heavy atom. The number of aromatic amines is 2. The standard InChI is InChI=1S/C21H26N9O12P/c1-37-19-12(32)18(30-6-26-10-14(30)27-20(22)28-16(10)34)42-43(36)39-3-8-7(2-38-21(35)41-19)11(31)17(40-8)29-5-25-9-13(29)23-4-24-15(9)33/h4-8,11-12,17-19,21,31-32,35-36H,2-3H2,1H3,(H,23,24,33)(H3,22,27,28,34)/t7-,8-,11-,12+,17-,18-,19?,21?,43?/m1/s1. The van der Waals surface area contributed by atoms with Gasteiger partial charge in [-0.25, -0.2) is 15.0 Å². The normalized spacial score (nSPS) is 32.7. The molecule has 6 heterocycles. The van der Waals surface area contributed by atoms with E-state index in [4.69, 9.17) is 33.7 Å². The van der Waals surface area contributed by atoms with Crippen molar-refractivity contribution in [1.82, 2.24) is 39.0 Å². The van der Waals surface area contributed by atoms with Crippen molar-refractivity contribution in [2.75, 3.05) is 26.1 Å². The predicted molar refractivity (Wildman–Crippen MR) is 139 cm³/mol. The number of nitrogens with two attached hydrogens (primary N) is 1. The Hall–Kier alpha value is -3.47. The van der Waals surface area contributed by atoms with Gasteiger partial charge < -0.3 is 49.7 Å². The fraction of sp³-hybridized carbons (Fsp3) is 0.524. The van der Waals surface area contributed by atoms with Gasteiger partial charge in [-0.2, -0.15) is 4.98 Å². The lowest BCUT2D eigenvalue weighted by atomic mass is 9.99. The SMILES string of the molecule is COC1OC(O)OC[C@H]2[C@@H](O)[C@H](n3cnc4c(=O)[nH]cnc43)O[C@@H]2COP(O)O[C@@H](n2cnc3c(=O)[nH]c(N)nc32)[C@@H]1O. The van der Waals surface area contributed by atoms with Gasteiger partial charge in [-0.1, -0.05) is 0 Å². The lowest BCUT2D eigenvalue weighted by Crippen LogP contribution is -2.42. The van der Waals surface area contributed by atoms with Crippen molar-refractivity contribution in [3.63, 3.8) is 0 Å². The molecule has 0 saturated carbocycles. The average molecular weight is 627 g/mol. The molecule has 43 heavy (non-hydrogen) atoms. The molecule has 0 aliphatic carbocycles. The van der Waals surface area contributed by atoms with Crippen LogP contribution in [-0.4, -0.2) is 111 Å². The fourth-order valence-electron chi connectivity index (χ4n) is 4.86. The van der Waals surface area contributed by atoms with Crippen molar-refractivity contribution in [1.29, 1.82) is 0 Å². The maximum absolute atomic E-state index is 12.3. The van der Waals surface area contributed by atoms with Gasteiger partial charge in [0.15, 0.2) is 47.2 Å². The van der Waals surface area contributed by atoms with Gasteiger partial charge in [0.05, 0.1) is 38.3 Å². The predicted octanol–water partition coefficient (Wildman–Crippen LogP) is -2.88. The molecule has 0 bridgehead atoms. The molecule has 2 fully saturated rings. The number of H-pyrrole nitrogens is 2. The third kappa shape index (κ3) is 5.52. The number of imidazole rings is 2. The highest BCUT2D eigenvalue weighted by Gasteiger charge is 2.47.